The van der Waals surface area contributed by atoms with Crippen molar-refractivity contribution in [2.24, 2.45) is 7.05 Å². The Bertz CT molecular complexity index is 1500. The molecule has 5 rings (SSSR count). The second kappa shape index (κ2) is 9.13. The summed E-state index contributed by atoms with van der Waals surface area (Å²) < 4.78 is 81.5. The van der Waals surface area contributed by atoms with Crippen molar-refractivity contribution < 1.29 is 31.1 Å². The summed E-state index contributed by atoms with van der Waals surface area (Å²) in [6.45, 7) is 0.240. The minimum atomic E-state index is -4.52. The molecule has 1 atom stereocenters. The summed E-state index contributed by atoms with van der Waals surface area (Å²) in [5, 5.41) is 5.95. The van der Waals surface area contributed by atoms with E-state index in [1.165, 1.54) is 35.3 Å². The predicted octanol–water partition coefficient (Wildman–Crippen LogP) is 5.27. The first-order chi connectivity index (χ1) is 17.1. The van der Waals surface area contributed by atoms with Gasteiger partial charge in [0.05, 0.1) is 23.3 Å². The van der Waals surface area contributed by atoms with E-state index in [0.717, 1.165) is 23.5 Å². The minimum Gasteiger partial charge on any atom is -0.493 e. The van der Waals surface area contributed by atoms with Gasteiger partial charge in [0.25, 0.3) is 10.0 Å². The van der Waals surface area contributed by atoms with Crippen molar-refractivity contribution in [3.05, 3.63) is 71.5 Å². The minimum absolute atomic E-state index is 0.0114. The molecule has 0 unspecified atom stereocenters. The van der Waals surface area contributed by atoms with E-state index in [1.54, 1.807) is 24.7 Å². The second-order valence-corrected chi connectivity index (χ2v) is 10.6. The van der Waals surface area contributed by atoms with E-state index in [1.807, 2.05) is 0 Å². The van der Waals surface area contributed by atoms with Gasteiger partial charge in [-0.2, -0.15) is 18.3 Å². The van der Waals surface area contributed by atoms with Crippen LogP contribution < -0.4 is 14.2 Å². The highest BCUT2D eigenvalue weighted by molar-refractivity contribution is 7.93. The summed E-state index contributed by atoms with van der Waals surface area (Å²) in [6, 6.07) is 7.70. The zero-order valence-corrected chi connectivity index (χ0v) is 20.3. The van der Waals surface area contributed by atoms with Crippen LogP contribution in [0.25, 0.3) is 11.1 Å². The van der Waals surface area contributed by atoms with E-state index in [4.69, 9.17) is 9.47 Å². The van der Waals surface area contributed by atoms with Gasteiger partial charge in [0.15, 0.2) is 5.13 Å². The largest absolute Gasteiger partial charge is 0.493 e. The summed E-state index contributed by atoms with van der Waals surface area (Å²) in [7, 11) is -2.22. The molecule has 2 aromatic carbocycles. The van der Waals surface area contributed by atoms with Gasteiger partial charge in [-0.25, -0.2) is 13.4 Å². The topological polar surface area (TPSA) is 95.3 Å². The molecule has 2 aromatic heterocycles. The van der Waals surface area contributed by atoms with Gasteiger partial charge >= 0.3 is 6.18 Å². The summed E-state index contributed by atoms with van der Waals surface area (Å²) in [4.78, 5) is 3.92. The molecule has 0 radical (unpaired) electrons. The van der Waals surface area contributed by atoms with Gasteiger partial charge in [0, 0.05) is 54.0 Å². The number of nitrogens with zero attached hydrogens (tertiary/aromatic N) is 3. The van der Waals surface area contributed by atoms with Crippen LogP contribution in [0.2, 0.25) is 0 Å². The Labute approximate surface area is 208 Å². The zero-order chi connectivity index (χ0) is 25.5. The average molecular weight is 537 g/mol. The first kappa shape index (κ1) is 24.1. The molecule has 0 amide bonds. The fraction of sp³-hybridized carbons (Fsp3) is 0.217. The lowest BCUT2D eigenvalue weighted by Crippen LogP contribution is -2.20. The van der Waals surface area contributed by atoms with Gasteiger partial charge in [-0.05, 0) is 24.3 Å². The zero-order valence-electron chi connectivity index (χ0n) is 18.7. The number of hydrogen-bond acceptors (Lipinski definition) is 7. The number of aryl methyl sites for hydroxylation is 1. The maximum absolute atomic E-state index is 13.4. The number of alkyl halides is 3. The first-order valence-electron chi connectivity index (χ1n) is 10.7. The molecule has 0 saturated carbocycles. The van der Waals surface area contributed by atoms with Crippen LogP contribution in [0.3, 0.4) is 0 Å². The predicted molar refractivity (Wildman–Crippen MR) is 126 cm³/mol. The number of nitrogens with one attached hydrogen (secondary N) is 1. The molecule has 8 nitrogen and oxygen atoms in total. The molecule has 1 N–H and O–H groups in total. The average Bonchev–Trinajstić information content (AvgIpc) is 3.50. The number of halogens is 3. The van der Waals surface area contributed by atoms with Crippen molar-refractivity contribution in [2.45, 2.75) is 23.6 Å². The number of anilines is 1. The Kier molecular flexibility index (Phi) is 6.12. The van der Waals surface area contributed by atoms with Crippen molar-refractivity contribution >= 4 is 26.5 Å². The van der Waals surface area contributed by atoms with Crippen LogP contribution in [0.5, 0.6) is 11.5 Å². The van der Waals surface area contributed by atoms with Crippen LogP contribution in [0, 0.1) is 0 Å². The fourth-order valence-electron chi connectivity index (χ4n) is 3.82. The highest BCUT2D eigenvalue weighted by Gasteiger charge is 2.32. The summed E-state index contributed by atoms with van der Waals surface area (Å²) >= 11 is 1.15. The van der Waals surface area contributed by atoms with Crippen LogP contribution >= 0.6 is 11.3 Å². The smallest absolute Gasteiger partial charge is 0.416 e. The third-order valence-corrected chi connectivity index (χ3v) is 7.68. The van der Waals surface area contributed by atoms with Crippen molar-refractivity contribution in [2.75, 3.05) is 11.3 Å². The molecule has 36 heavy (non-hydrogen) atoms. The lowest BCUT2D eigenvalue weighted by atomic mass is 10.0. The van der Waals surface area contributed by atoms with Gasteiger partial charge in [0.1, 0.15) is 17.6 Å². The van der Waals surface area contributed by atoms with Gasteiger partial charge in [0.2, 0.25) is 0 Å². The highest BCUT2D eigenvalue weighted by atomic mass is 32.2. The molecular formula is C23H19F3N4O4S2. The molecule has 1 aliphatic rings. The highest BCUT2D eigenvalue weighted by Crippen LogP contribution is 2.42. The molecule has 0 saturated heterocycles. The Morgan fingerprint density at radius 3 is 2.75 bits per heavy atom. The van der Waals surface area contributed by atoms with Crippen molar-refractivity contribution in [1.29, 1.82) is 0 Å². The molecule has 4 aromatic rings. The molecule has 13 heteroatoms. The molecule has 0 spiro atoms. The Morgan fingerprint density at radius 2 is 2.06 bits per heavy atom. The van der Waals surface area contributed by atoms with Gasteiger partial charge < -0.3 is 9.47 Å². The van der Waals surface area contributed by atoms with Crippen LogP contribution in [0.1, 0.15) is 23.7 Å². The van der Waals surface area contributed by atoms with Crippen molar-refractivity contribution in [1.82, 2.24) is 14.8 Å². The van der Waals surface area contributed by atoms with Gasteiger partial charge in [-0.3, -0.25) is 9.40 Å². The van der Waals surface area contributed by atoms with Crippen LogP contribution in [-0.2, 0) is 23.2 Å². The quantitative estimate of drug-likeness (QED) is 0.361. The van der Waals surface area contributed by atoms with E-state index in [9.17, 15) is 21.6 Å². The molecular weight excluding hydrogens is 517 g/mol. The second-order valence-electron chi connectivity index (χ2n) is 8.00. The number of thiazole rings is 1. The Morgan fingerprint density at radius 1 is 1.22 bits per heavy atom. The fourth-order valence-corrected chi connectivity index (χ4v) is 5.63. The maximum atomic E-state index is 13.4. The van der Waals surface area contributed by atoms with E-state index in [-0.39, 0.29) is 27.9 Å². The van der Waals surface area contributed by atoms with Crippen molar-refractivity contribution in [3.63, 3.8) is 0 Å². The number of sulfonamides is 1. The molecule has 0 bridgehead atoms. The van der Waals surface area contributed by atoms with E-state index in [2.05, 4.69) is 14.8 Å². The lowest BCUT2D eigenvalue weighted by Gasteiger charge is -2.28. The third kappa shape index (κ3) is 4.88. The van der Waals surface area contributed by atoms with E-state index >= 15 is 0 Å². The van der Waals surface area contributed by atoms with E-state index < -0.39 is 27.9 Å². The van der Waals surface area contributed by atoms with Gasteiger partial charge in [-0.1, -0.05) is 6.07 Å². The Hall–Kier alpha value is -3.58. The number of aromatic nitrogens is 3. The number of benzene rings is 2. The number of ether oxygens (including phenoxy) is 2. The number of hydrogen-bond donors (Lipinski definition) is 1. The van der Waals surface area contributed by atoms with Gasteiger partial charge in [-0.15, -0.1) is 11.3 Å². The van der Waals surface area contributed by atoms with Crippen LogP contribution in [-0.4, -0.2) is 29.8 Å². The standard InChI is InChI=1S/C23H19F3N4O4S2/c1-30-13-14(12-28-30)18-10-15(23(24,25)26)2-5-19(18)34-20-6-8-33-21-11-16(3-4-17(20)21)36(31,32)29-22-27-7-9-35-22/h2-5,7,9-13,20H,6,8H2,1H3,(H,27,29)/t20-/m1/s1. The molecule has 188 valence electrons. The van der Waals surface area contributed by atoms with Crippen LogP contribution in [0.15, 0.2) is 65.3 Å². The summed E-state index contributed by atoms with van der Waals surface area (Å²) in [6.07, 6.45) is -0.106. The molecule has 3 heterocycles. The summed E-state index contributed by atoms with van der Waals surface area (Å²) in [5.74, 6) is 0.569. The number of fused-ring (bicyclic) bond motifs is 1. The summed E-state index contributed by atoms with van der Waals surface area (Å²) in [5.41, 5.74) is 0.508. The molecule has 0 fully saturated rings. The first-order valence-corrected chi connectivity index (χ1v) is 13.0. The SMILES string of the molecule is Cn1cc(-c2cc(C(F)(F)F)ccc2O[C@@H]2CCOc3cc(S(=O)(=O)Nc4nccs4)ccc32)cn1. The van der Waals surface area contributed by atoms with Crippen LogP contribution in [0.4, 0.5) is 18.3 Å². The molecule has 0 aliphatic carbocycles. The number of rotatable bonds is 6. The lowest BCUT2D eigenvalue weighted by molar-refractivity contribution is -0.137. The maximum Gasteiger partial charge on any atom is 0.416 e. The normalized spacial score (nSPS) is 15.7. The van der Waals surface area contributed by atoms with E-state index in [0.29, 0.717) is 23.3 Å². The Balaban J connectivity index is 1.47. The molecule has 1 aliphatic heterocycles. The van der Waals surface area contributed by atoms with Crippen molar-refractivity contribution in [3.8, 4) is 22.6 Å². The third-order valence-electron chi connectivity index (χ3n) is 5.53. The monoisotopic (exact) mass is 536 g/mol.